The van der Waals surface area contributed by atoms with Crippen LogP contribution in [0, 0.1) is 5.92 Å². The van der Waals surface area contributed by atoms with Gasteiger partial charge in [-0.15, -0.1) is 11.8 Å². The minimum absolute atomic E-state index is 0.235. The van der Waals surface area contributed by atoms with Crippen LogP contribution >= 0.6 is 11.8 Å². The fourth-order valence-corrected chi connectivity index (χ4v) is 6.12. The third-order valence-electron chi connectivity index (χ3n) is 6.12. The molecule has 4 rings (SSSR count). The molecular formula is C27H29NO2S. The molecule has 3 nitrogen and oxygen atoms in total. The summed E-state index contributed by atoms with van der Waals surface area (Å²) < 4.78 is -0.314. The number of hydrogen-bond acceptors (Lipinski definition) is 3. The van der Waals surface area contributed by atoms with E-state index in [1.807, 2.05) is 11.8 Å². The Kier molecular flexibility index (Phi) is 7.10. The van der Waals surface area contributed by atoms with Crippen molar-refractivity contribution in [2.45, 2.75) is 17.6 Å². The van der Waals surface area contributed by atoms with Gasteiger partial charge in [0.25, 0.3) is 0 Å². The van der Waals surface area contributed by atoms with Gasteiger partial charge in [-0.2, -0.15) is 0 Å². The van der Waals surface area contributed by atoms with Crippen LogP contribution in [0.15, 0.2) is 91.0 Å². The number of benzene rings is 3. The van der Waals surface area contributed by atoms with Crippen LogP contribution < -0.4 is 0 Å². The molecule has 3 aromatic carbocycles. The number of nitrogens with zero attached hydrogens (tertiary/aromatic N) is 1. The Morgan fingerprint density at radius 2 is 1.35 bits per heavy atom. The van der Waals surface area contributed by atoms with E-state index in [4.69, 9.17) is 0 Å². The van der Waals surface area contributed by atoms with Crippen molar-refractivity contribution in [2.24, 2.45) is 5.92 Å². The van der Waals surface area contributed by atoms with Crippen LogP contribution in [0.5, 0.6) is 0 Å². The highest BCUT2D eigenvalue weighted by Crippen LogP contribution is 2.48. The van der Waals surface area contributed by atoms with E-state index in [1.165, 1.54) is 16.7 Å². The number of rotatable bonds is 8. The molecule has 1 atom stereocenters. The highest BCUT2D eigenvalue weighted by molar-refractivity contribution is 8.00. The second kappa shape index (κ2) is 10.2. The smallest absolute Gasteiger partial charge is 0.307 e. The molecule has 1 fully saturated rings. The molecule has 0 amide bonds. The highest BCUT2D eigenvalue weighted by Gasteiger charge is 2.37. The minimum atomic E-state index is -0.662. The van der Waals surface area contributed by atoms with Crippen molar-refractivity contribution < 1.29 is 9.90 Å². The van der Waals surface area contributed by atoms with E-state index in [-0.39, 0.29) is 10.7 Å². The number of likely N-dealkylation sites (tertiary alicyclic amines) is 1. The predicted octanol–water partition coefficient (Wildman–Crippen LogP) is 5.51. The average Bonchev–Trinajstić information content (AvgIpc) is 2.84. The maximum absolute atomic E-state index is 11.5. The molecule has 1 heterocycles. The fraction of sp³-hybridized carbons (Fsp3) is 0.296. The lowest BCUT2D eigenvalue weighted by molar-refractivity contribution is -0.143. The van der Waals surface area contributed by atoms with Crippen LogP contribution in [0.3, 0.4) is 0 Å². The van der Waals surface area contributed by atoms with Crippen LogP contribution in [0.25, 0.3) is 0 Å². The zero-order chi connectivity index (χ0) is 21.5. The molecule has 0 saturated carbocycles. The minimum Gasteiger partial charge on any atom is -0.481 e. The highest BCUT2D eigenvalue weighted by atomic mass is 32.2. The summed E-state index contributed by atoms with van der Waals surface area (Å²) >= 11 is 1.94. The molecular weight excluding hydrogens is 402 g/mol. The van der Waals surface area contributed by atoms with Gasteiger partial charge >= 0.3 is 5.97 Å². The van der Waals surface area contributed by atoms with E-state index >= 15 is 0 Å². The van der Waals surface area contributed by atoms with Gasteiger partial charge in [-0.25, -0.2) is 0 Å². The van der Waals surface area contributed by atoms with E-state index in [2.05, 4.69) is 95.9 Å². The van der Waals surface area contributed by atoms with Gasteiger partial charge in [0.15, 0.2) is 0 Å². The molecule has 1 aliphatic heterocycles. The number of carbonyl (C=O) groups is 1. The standard InChI is InChI=1S/C27H29NO2S/c29-26(30)22-11-10-18-28(21-22)19-20-31-27(23-12-4-1-5-13-23,24-14-6-2-7-15-24)25-16-8-3-9-17-25/h1-9,12-17,22H,10-11,18-21H2,(H,29,30). The maximum atomic E-state index is 11.5. The van der Waals surface area contributed by atoms with Gasteiger partial charge in [0, 0.05) is 18.8 Å². The van der Waals surface area contributed by atoms with Crippen molar-refractivity contribution in [3.05, 3.63) is 108 Å². The molecule has 31 heavy (non-hydrogen) atoms. The topological polar surface area (TPSA) is 40.5 Å². The molecule has 0 spiro atoms. The first-order valence-electron chi connectivity index (χ1n) is 11.0. The molecule has 1 saturated heterocycles. The normalized spacial score (nSPS) is 17.4. The molecule has 0 bridgehead atoms. The lowest BCUT2D eigenvalue weighted by Crippen LogP contribution is -2.40. The summed E-state index contributed by atoms with van der Waals surface area (Å²) in [5.74, 6) is 0.0239. The summed E-state index contributed by atoms with van der Waals surface area (Å²) in [5, 5.41) is 9.42. The van der Waals surface area contributed by atoms with Crippen molar-refractivity contribution in [3.8, 4) is 0 Å². The summed E-state index contributed by atoms with van der Waals surface area (Å²) in [4.78, 5) is 13.8. The summed E-state index contributed by atoms with van der Waals surface area (Å²) in [6, 6.07) is 32.2. The van der Waals surface area contributed by atoms with Crippen LogP contribution in [0.1, 0.15) is 29.5 Å². The Morgan fingerprint density at radius 3 is 1.81 bits per heavy atom. The molecule has 0 aliphatic carbocycles. The third kappa shape index (κ3) is 4.86. The van der Waals surface area contributed by atoms with Gasteiger partial charge in [-0.1, -0.05) is 91.0 Å². The molecule has 1 aliphatic rings. The second-order valence-corrected chi connectivity index (χ2v) is 9.42. The molecule has 160 valence electrons. The first-order chi connectivity index (χ1) is 15.2. The van der Waals surface area contributed by atoms with Crippen LogP contribution in [0.4, 0.5) is 0 Å². The Bertz CT molecular complexity index is 866. The summed E-state index contributed by atoms with van der Waals surface area (Å²) in [6.07, 6.45) is 1.75. The lowest BCUT2D eigenvalue weighted by atomic mass is 9.84. The number of aliphatic carboxylic acids is 1. The first-order valence-corrected chi connectivity index (χ1v) is 11.9. The van der Waals surface area contributed by atoms with E-state index < -0.39 is 5.97 Å². The summed E-state index contributed by atoms with van der Waals surface area (Å²) in [5.41, 5.74) is 3.79. The van der Waals surface area contributed by atoms with Gasteiger partial charge in [0.2, 0.25) is 0 Å². The van der Waals surface area contributed by atoms with Gasteiger partial charge in [-0.3, -0.25) is 4.79 Å². The maximum Gasteiger partial charge on any atom is 0.307 e. The number of thioether (sulfide) groups is 1. The van der Waals surface area contributed by atoms with Crippen LogP contribution in [-0.2, 0) is 9.54 Å². The van der Waals surface area contributed by atoms with Crippen molar-refractivity contribution in [1.29, 1.82) is 0 Å². The fourth-order valence-electron chi connectivity index (χ4n) is 4.56. The average molecular weight is 432 g/mol. The molecule has 0 aromatic heterocycles. The Morgan fingerprint density at radius 1 is 0.871 bits per heavy atom. The molecule has 4 heteroatoms. The van der Waals surface area contributed by atoms with E-state index in [0.717, 1.165) is 31.7 Å². The van der Waals surface area contributed by atoms with E-state index in [1.54, 1.807) is 0 Å². The second-order valence-electron chi connectivity index (χ2n) is 8.11. The Hall–Kier alpha value is -2.56. The summed E-state index contributed by atoms with van der Waals surface area (Å²) in [6.45, 7) is 2.53. The quantitative estimate of drug-likeness (QED) is 0.478. The van der Waals surface area contributed by atoms with Crippen LogP contribution in [-0.4, -0.2) is 41.4 Å². The van der Waals surface area contributed by atoms with Crippen molar-refractivity contribution in [1.82, 2.24) is 4.90 Å². The van der Waals surface area contributed by atoms with Crippen molar-refractivity contribution >= 4 is 17.7 Å². The van der Waals surface area contributed by atoms with Gasteiger partial charge in [0.05, 0.1) is 10.7 Å². The lowest BCUT2D eigenvalue weighted by Gasteiger charge is -2.37. The molecule has 1 unspecified atom stereocenters. The first kappa shape index (κ1) is 21.7. The zero-order valence-electron chi connectivity index (χ0n) is 17.7. The monoisotopic (exact) mass is 431 g/mol. The zero-order valence-corrected chi connectivity index (χ0v) is 18.5. The molecule has 0 radical (unpaired) electrons. The van der Waals surface area contributed by atoms with Crippen molar-refractivity contribution in [2.75, 3.05) is 25.4 Å². The molecule has 1 N–H and O–H groups in total. The Labute approximate surface area is 189 Å². The summed E-state index contributed by atoms with van der Waals surface area (Å²) in [7, 11) is 0. The third-order valence-corrected chi connectivity index (χ3v) is 7.65. The predicted molar refractivity (Wildman–Crippen MR) is 128 cm³/mol. The number of piperidine rings is 1. The van der Waals surface area contributed by atoms with E-state index in [0.29, 0.717) is 6.54 Å². The number of carboxylic acid groups (broad SMARTS) is 1. The van der Waals surface area contributed by atoms with Gasteiger partial charge in [0.1, 0.15) is 0 Å². The van der Waals surface area contributed by atoms with Gasteiger partial charge in [-0.05, 0) is 36.1 Å². The van der Waals surface area contributed by atoms with Crippen LogP contribution in [0.2, 0.25) is 0 Å². The van der Waals surface area contributed by atoms with Crippen molar-refractivity contribution in [3.63, 3.8) is 0 Å². The van der Waals surface area contributed by atoms with Gasteiger partial charge < -0.3 is 10.0 Å². The Balaban J connectivity index is 1.65. The van der Waals surface area contributed by atoms with E-state index in [9.17, 15) is 9.90 Å². The molecule has 3 aromatic rings. The number of hydrogen-bond donors (Lipinski definition) is 1. The largest absolute Gasteiger partial charge is 0.481 e. The SMILES string of the molecule is O=C(O)C1CCCN(CCSC(c2ccccc2)(c2ccccc2)c2ccccc2)C1. The number of carboxylic acids is 1.